The Bertz CT molecular complexity index is 1150. The summed E-state index contributed by atoms with van der Waals surface area (Å²) in [7, 11) is -3.59. The number of thioether (sulfide) groups is 1. The van der Waals surface area contributed by atoms with Gasteiger partial charge in [-0.1, -0.05) is 44.7 Å². The Labute approximate surface area is 193 Å². The van der Waals surface area contributed by atoms with E-state index in [2.05, 4.69) is 29.0 Å². The molecule has 1 atom stereocenters. The first-order valence-electron chi connectivity index (χ1n) is 10.7. The van der Waals surface area contributed by atoms with Gasteiger partial charge in [0.05, 0.1) is 16.3 Å². The predicted molar refractivity (Wildman–Crippen MR) is 126 cm³/mol. The van der Waals surface area contributed by atoms with E-state index in [1.165, 1.54) is 16.1 Å². The van der Waals surface area contributed by atoms with E-state index in [0.29, 0.717) is 35.3 Å². The van der Waals surface area contributed by atoms with Crippen LogP contribution in [0, 0.1) is 0 Å². The lowest BCUT2D eigenvalue weighted by Gasteiger charge is -2.19. The summed E-state index contributed by atoms with van der Waals surface area (Å²) in [5.41, 5.74) is 1.23. The van der Waals surface area contributed by atoms with Crippen LogP contribution in [-0.4, -0.2) is 57.1 Å². The third-order valence-electron chi connectivity index (χ3n) is 5.36. The average molecular weight is 476 g/mol. The van der Waals surface area contributed by atoms with Gasteiger partial charge in [-0.2, -0.15) is 4.31 Å². The van der Waals surface area contributed by atoms with Crippen LogP contribution in [0.1, 0.15) is 50.6 Å². The zero-order valence-corrected chi connectivity index (χ0v) is 20.4. The molecule has 8 nitrogen and oxygen atoms in total. The van der Waals surface area contributed by atoms with Gasteiger partial charge < -0.3 is 4.98 Å². The van der Waals surface area contributed by atoms with Crippen molar-refractivity contribution in [1.29, 1.82) is 0 Å². The van der Waals surface area contributed by atoms with Crippen molar-refractivity contribution in [1.82, 2.24) is 24.1 Å². The third-order valence-corrected chi connectivity index (χ3v) is 8.35. The topological polar surface area (TPSA) is 101 Å². The fourth-order valence-corrected chi connectivity index (χ4v) is 5.80. The molecule has 1 N–H and O–H groups in total. The van der Waals surface area contributed by atoms with Crippen LogP contribution in [0.4, 0.5) is 0 Å². The van der Waals surface area contributed by atoms with Crippen LogP contribution in [0.2, 0.25) is 0 Å². The molecule has 2 aromatic heterocycles. The molecule has 3 rings (SSSR count). The standard InChI is InChI=1S/C22H29N5O3S2/c1-5-16(4)27-21(24-25-22(27)31-15-20(28)19-12-9-13-23-19)17-10-8-11-18(14-17)32(29,30)26(6-2)7-3/h8-14,16,23H,5-7,15H2,1-4H3. The number of hydrogen-bond donors (Lipinski definition) is 1. The molecule has 172 valence electrons. The molecule has 0 saturated heterocycles. The quantitative estimate of drug-likeness (QED) is 0.329. The predicted octanol–water partition coefficient (Wildman–Crippen LogP) is 4.25. The van der Waals surface area contributed by atoms with Crippen molar-refractivity contribution in [3.8, 4) is 11.4 Å². The number of aromatic amines is 1. The molecule has 0 fully saturated rings. The SMILES string of the molecule is CCC(C)n1c(SCC(=O)c2ccc[nH]2)nnc1-c1cccc(S(=O)(=O)N(CC)CC)c1. The number of carbonyl (C=O) groups excluding carboxylic acids is 1. The molecule has 1 aromatic carbocycles. The largest absolute Gasteiger partial charge is 0.359 e. The molecule has 0 radical (unpaired) electrons. The van der Waals surface area contributed by atoms with Crippen LogP contribution in [0.5, 0.6) is 0 Å². The highest BCUT2D eigenvalue weighted by Crippen LogP contribution is 2.31. The van der Waals surface area contributed by atoms with Crippen LogP contribution in [0.25, 0.3) is 11.4 Å². The Kier molecular flexibility index (Phi) is 7.91. The van der Waals surface area contributed by atoms with Crippen LogP contribution in [0.3, 0.4) is 0 Å². The van der Waals surface area contributed by atoms with Gasteiger partial charge in [-0.15, -0.1) is 10.2 Å². The summed E-state index contributed by atoms with van der Waals surface area (Å²) in [5, 5.41) is 9.33. The Balaban J connectivity index is 1.95. The van der Waals surface area contributed by atoms with Gasteiger partial charge in [0.25, 0.3) is 0 Å². The van der Waals surface area contributed by atoms with E-state index in [1.807, 2.05) is 24.5 Å². The fraction of sp³-hybridized carbons (Fsp3) is 0.409. The van der Waals surface area contributed by atoms with E-state index in [9.17, 15) is 13.2 Å². The zero-order chi connectivity index (χ0) is 23.3. The smallest absolute Gasteiger partial charge is 0.243 e. The molecule has 0 aliphatic carbocycles. The van der Waals surface area contributed by atoms with E-state index >= 15 is 0 Å². The molecule has 0 saturated carbocycles. The molecule has 2 heterocycles. The van der Waals surface area contributed by atoms with Crippen molar-refractivity contribution in [3.05, 3.63) is 48.3 Å². The van der Waals surface area contributed by atoms with Crippen molar-refractivity contribution in [2.45, 2.75) is 50.2 Å². The van der Waals surface area contributed by atoms with Crippen molar-refractivity contribution >= 4 is 27.6 Å². The molecule has 0 bridgehead atoms. The fourth-order valence-electron chi connectivity index (χ4n) is 3.37. The first-order chi connectivity index (χ1) is 15.3. The second-order valence-corrected chi connectivity index (χ2v) is 10.2. The number of carbonyl (C=O) groups is 1. The minimum Gasteiger partial charge on any atom is -0.359 e. The highest BCUT2D eigenvalue weighted by Gasteiger charge is 2.24. The minimum absolute atomic E-state index is 0.0208. The number of Topliss-reactive ketones (excluding diaryl/α,β-unsaturated/α-hetero) is 1. The van der Waals surface area contributed by atoms with E-state index in [-0.39, 0.29) is 22.5 Å². The van der Waals surface area contributed by atoms with E-state index in [0.717, 1.165) is 6.42 Å². The molecular weight excluding hydrogens is 446 g/mol. The Morgan fingerprint density at radius 2 is 1.91 bits per heavy atom. The number of nitrogens with one attached hydrogen (secondary N) is 1. The Hall–Kier alpha value is -2.43. The molecule has 0 aliphatic heterocycles. The second-order valence-electron chi connectivity index (χ2n) is 7.35. The van der Waals surface area contributed by atoms with Crippen molar-refractivity contribution in [2.75, 3.05) is 18.8 Å². The molecule has 3 aromatic rings. The Morgan fingerprint density at radius 3 is 2.53 bits per heavy atom. The lowest BCUT2D eigenvalue weighted by atomic mass is 10.2. The molecule has 0 amide bonds. The van der Waals surface area contributed by atoms with Crippen LogP contribution < -0.4 is 0 Å². The van der Waals surface area contributed by atoms with E-state index in [1.54, 1.807) is 36.5 Å². The molecular formula is C22H29N5O3S2. The van der Waals surface area contributed by atoms with E-state index < -0.39 is 10.0 Å². The van der Waals surface area contributed by atoms with Crippen LogP contribution >= 0.6 is 11.8 Å². The lowest BCUT2D eigenvalue weighted by Crippen LogP contribution is -2.30. The van der Waals surface area contributed by atoms with Gasteiger partial charge in [0, 0.05) is 30.9 Å². The second kappa shape index (κ2) is 10.5. The highest BCUT2D eigenvalue weighted by molar-refractivity contribution is 7.99. The number of nitrogens with zero attached hydrogens (tertiary/aromatic N) is 4. The van der Waals surface area contributed by atoms with Gasteiger partial charge in [0.15, 0.2) is 16.8 Å². The lowest BCUT2D eigenvalue weighted by molar-refractivity contribution is 0.101. The number of aromatic nitrogens is 4. The zero-order valence-electron chi connectivity index (χ0n) is 18.8. The summed E-state index contributed by atoms with van der Waals surface area (Å²) < 4.78 is 29.4. The molecule has 10 heteroatoms. The van der Waals surface area contributed by atoms with Gasteiger partial charge >= 0.3 is 0 Å². The van der Waals surface area contributed by atoms with Crippen LogP contribution in [0.15, 0.2) is 52.6 Å². The Morgan fingerprint density at radius 1 is 1.16 bits per heavy atom. The average Bonchev–Trinajstić information content (AvgIpc) is 3.48. The molecule has 32 heavy (non-hydrogen) atoms. The first-order valence-corrected chi connectivity index (χ1v) is 13.1. The summed E-state index contributed by atoms with van der Waals surface area (Å²) in [6.45, 7) is 8.57. The van der Waals surface area contributed by atoms with Gasteiger partial charge in [0.1, 0.15) is 0 Å². The van der Waals surface area contributed by atoms with E-state index in [4.69, 9.17) is 0 Å². The minimum atomic E-state index is -3.59. The maximum atomic E-state index is 13.0. The number of sulfonamides is 1. The normalized spacial score (nSPS) is 12.9. The number of ketones is 1. The molecule has 1 unspecified atom stereocenters. The van der Waals surface area contributed by atoms with Crippen LogP contribution in [-0.2, 0) is 10.0 Å². The molecule has 0 aliphatic rings. The highest BCUT2D eigenvalue weighted by atomic mass is 32.2. The number of rotatable bonds is 11. The maximum absolute atomic E-state index is 13.0. The summed E-state index contributed by atoms with van der Waals surface area (Å²) in [5.74, 6) is 0.796. The number of H-pyrrole nitrogens is 1. The van der Waals surface area contributed by atoms with Crippen molar-refractivity contribution in [3.63, 3.8) is 0 Å². The first kappa shape index (κ1) is 24.2. The number of benzene rings is 1. The van der Waals surface area contributed by atoms with Crippen molar-refractivity contribution < 1.29 is 13.2 Å². The summed E-state index contributed by atoms with van der Waals surface area (Å²) in [6.07, 6.45) is 2.55. The summed E-state index contributed by atoms with van der Waals surface area (Å²) in [6, 6.07) is 10.4. The number of hydrogen-bond acceptors (Lipinski definition) is 6. The maximum Gasteiger partial charge on any atom is 0.243 e. The monoisotopic (exact) mass is 475 g/mol. The third kappa shape index (κ3) is 4.97. The summed E-state index contributed by atoms with van der Waals surface area (Å²) in [4.78, 5) is 15.6. The van der Waals surface area contributed by atoms with Gasteiger partial charge in [0.2, 0.25) is 10.0 Å². The molecule has 0 spiro atoms. The summed E-state index contributed by atoms with van der Waals surface area (Å²) >= 11 is 1.33. The van der Waals surface area contributed by atoms with Gasteiger partial charge in [-0.05, 0) is 37.6 Å². The van der Waals surface area contributed by atoms with Gasteiger partial charge in [-0.25, -0.2) is 8.42 Å². The van der Waals surface area contributed by atoms with Crippen molar-refractivity contribution in [2.24, 2.45) is 0 Å². The van der Waals surface area contributed by atoms with Gasteiger partial charge in [-0.3, -0.25) is 9.36 Å².